The fraction of sp³-hybridized carbons (Fsp3) is 1.00. The first-order valence-electron chi connectivity index (χ1n) is 6.13. The molecule has 1 saturated carbocycles. The largest absolute Gasteiger partial charge is 0.311 e. The summed E-state index contributed by atoms with van der Waals surface area (Å²) < 4.78 is 0. The predicted molar refractivity (Wildman–Crippen MR) is 60.4 cm³/mol. The van der Waals surface area contributed by atoms with Crippen LogP contribution in [0.4, 0.5) is 0 Å². The summed E-state index contributed by atoms with van der Waals surface area (Å²) >= 11 is 0. The maximum Gasteiger partial charge on any atom is 0.0122 e. The van der Waals surface area contributed by atoms with Crippen molar-refractivity contribution in [2.75, 3.05) is 13.6 Å². The van der Waals surface area contributed by atoms with Crippen LogP contribution in [0.3, 0.4) is 0 Å². The minimum atomic E-state index is 0.753. The molecule has 1 aliphatic heterocycles. The Morgan fingerprint density at radius 3 is 2.50 bits per heavy atom. The third-order valence-corrected chi connectivity index (χ3v) is 4.17. The van der Waals surface area contributed by atoms with Crippen molar-refractivity contribution >= 4 is 0 Å². The van der Waals surface area contributed by atoms with Gasteiger partial charge in [0.05, 0.1) is 0 Å². The first-order chi connectivity index (χ1) is 6.66. The standard InChI is InChI=1S/C12H24N2/c1-9-8-14(3)10(2)7-12(9)13-11-5-4-6-11/h9-13H,4-8H2,1-3H3. The van der Waals surface area contributed by atoms with Crippen molar-refractivity contribution in [2.24, 2.45) is 5.92 Å². The van der Waals surface area contributed by atoms with E-state index in [0.29, 0.717) is 0 Å². The van der Waals surface area contributed by atoms with Gasteiger partial charge in [0.25, 0.3) is 0 Å². The number of likely N-dealkylation sites (tertiary alicyclic amines) is 1. The molecule has 82 valence electrons. The van der Waals surface area contributed by atoms with E-state index in [1.54, 1.807) is 0 Å². The molecular formula is C12H24N2. The Kier molecular flexibility index (Phi) is 3.13. The van der Waals surface area contributed by atoms with E-state index in [-0.39, 0.29) is 0 Å². The molecule has 2 aliphatic rings. The Morgan fingerprint density at radius 2 is 1.93 bits per heavy atom. The highest BCUT2D eigenvalue weighted by Crippen LogP contribution is 2.25. The Bertz CT molecular complexity index is 187. The zero-order valence-corrected chi connectivity index (χ0v) is 9.79. The zero-order valence-electron chi connectivity index (χ0n) is 9.79. The van der Waals surface area contributed by atoms with Crippen LogP contribution in [0.1, 0.15) is 39.5 Å². The van der Waals surface area contributed by atoms with Crippen LogP contribution in [0.5, 0.6) is 0 Å². The van der Waals surface area contributed by atoms with Crippen molar-refractivity contribution in [3.63, 3.8) is 0 Å². The Morgan fingerprint density at radius 1 is 1.21 bits per heavy atom. The topological polar surface area (TPSA) is 15.3 Å². The van der Waals surface area contributed by atoms with E-state index >= 15 is 0 Å². The normalized spacial score (nSPS) is 40.9. The number of hydrogen-bond acceptors (Lipinski definition) is 2. The van der Waals surface area contributed by atoms with Gasteiger partial charge < -0.3 is 10.2 Å². The number of nitrogens with one attached hydrogen (secondary N) is 1. The molecule has 2 heteroatoms. The van der Waals surface area contributed by atoms with Gasteiger partial charge in [-0.15, -0.1) is 0 Å². The second kappa shape index (κ2) is 4.19. The maximum atomic E-state index is 3.83. The lowest BCUT2D eigenvalue weighted by Crippen LogP contribution is -2.54. The molecule has 2 fully saturated rings. The monoisotopic (exact) mass is 196 g/mol. The summed E-state index contributed by atoms with van der Waals surface area (Å²) in [6.07, 6.45) is 5.59. The van der Waals surface area contributed by atoms with Crippen molar-refractivity contribution < 1.29 is 0 Å². The summed E-state index contributed by atoms with van der Waals surface area (Å²) in [7, 11) is 2.25. The van der Waals surface area contributed by atoms with Crippen LogP contribution in [-0.4, -0.2) is 36.6 Å². The minimum absolute atomic E-state index is 0.753. The molecule has 1 N–H and O–H groups in total. The second-order valence-electron chi connectivity index (χ2n) is 5.40. The van der Waals surface area contributed by atoms with Crippen molar-refractivity contribution in [1.29, 1.82) is 0 Å². The van der Waals surface area contributed by atoms with E-state index in [1.807, 2.05) is 0 Å². The van der Waals surface area contributed by atoms with Gasteiger partial charge in [0.15, 0.2) is 0 Å². The van der Waals surface area contributed by atoms with Gasteiger partial charge in [-0.25, -0.2) is 0 Å². The summed E-state index contributed by atoms with van der Waals surface area (Å²) in [5.41, 5.74) is 0. The first-order valence-corrected chi connectivity index (χ1v) is 6.13. The van der Waals surface area contributed by atoms with Gasteiger partial charge in [-0.3, -0.25) is 0 Å². The zero-order chi connectivity index (χ0) is 10.1. The van der Waals surface area contributed by atoms with E-state index in [2.05, 4.69) is 31.1 Å². The highest BCUT2D eigenvalue weighted by Gasteiger charge is 2.31. The molecule has 2 rings (SSSR count). The van der Waals surface area contributed by atoms with Crippen molar-refractivity contribution in [2.45, 2.75) is 57.7 Å². The van der Waals surface area contributed by atoms with Crippen molar-refractivity contribution in [3.8, 4) is 0 Å². The van der Waals surface area contributed by atoms with Crippen LogP contribution in [0.25, 0.3) is 0 Å². The molecule has 3 atom stereocenters. The lowest BCUT2D eigenvalue weighted by atomic mass is 9.86. The van der Waals surface area contributed by atoms with E-state index in [9.17, 15) is 0 Å². The number of rotatable bonds is 2. The van der Waals surface area contributed by atoms with E-state index in [1.165, 1.54) is 32.2 Å². The highest BCUT2D eigenvalue weighted by molar-refractivity contribution is 4.89. The average Bonchev–Trinajstić information content (AvgIpc) is 2.06. The molecule has 14 heavy (non-hydrogen) atoms. The van der Waals surface area contributed by atoms with E-state index in [4.69, 9.17) is 0 Å². The highest BCUT2D eigenvalue weighted by atomic mass is 15.2. The summed E-state index contributed by atoms with van der Waals surface area (Å²) in [6.45, 7) is 5.99. The summed E-state index contributed by atoms with van der Waals surface area (Å²) in [6, 6.07) is 2.37. The molecular weight excluding hydrogens is 172 g/mol. The van der Waals surface area contributed by atoms with Crippen LogP contribution >= 0.6 is 0 Å². The molecule has 0 aromatic carbocycles. The number of piperidine rings is 1. The fourth-order valence-corrected chi connectivity index (χ4v) is 2.65. The van der Waals surface area contributed by atoms with Gasteiger partial charge in [-0.2, -0.15) is 0 Å². The van der Waals surface area contributed by atoms with Crippen LogP contribution in [0, 0.1) is 5.92 Å². The van der Waals surface area contributed by atoms with Crippen LogP contribution in [0.15, 0.2) is 0 Å². The average molecular weight is 196 g/mol. The van der Waals surface area contributed by atoms with Gasteiger partial charge in [0.1, 0.15) is 0 Å². The van der Waals surface area contributed by atoms with Crippen LogP contribution < -0.4 is 5.32 Å². The molecule has 0 aromatic heterocycles. The first kappa shape index (κ1) is 10.4. The third kappa shape index (κ3) is 2.12. The smallest absolute Gasteiger partial charge is 0.0122 e. The number of hydrogen-bond donors (Lipinski definition) is 1. The fourth-order valence-electron chi connectivity index (χ4n) is 2.65. The van der Waals surface area contributed by atoms with Gasteiger partial charge in [-0.1, -0.05) is 13.3 Å². The Hall–Kier alpha value is -0.0800. The van der Waals surface area contributed by atoms with E-state index in [0.717, 1.165) is 24.0 Å². The Labute approximate surface area is 88.1 Å². The second-order valence-corrected chi connectivity index (χ2v) is 5.40. The molecule has 1 saturated heterocycles. The number of nitrogens with zero attached hydrogens (tertiary/aromatic N) is 1. The third-order valence-electron chi connectivity index (χ3n) is 4.17. The summed E-state index contributed by atoms with van der Waals surface area (Å²) in [5.74, 6) is 0.816. The van der Waals surface area contributed by atoms with Crippen molar-refractivity contribution in [3.05, 3.63) is 0 Å². The maximum absolute atomic E-state index is 3.83. The quantitative estimate of drug-likeness (QED) is 0.725. The van der Waals surface area contributed by atoms with Crippen LogP contribution in [-0.2, 0) is 0 Å². The van der Waals surface area contributed by atoms with Gasteiger partial charge in [-0.05, 0) is 39.2 Å². The van der Waals surface area contributed by atoms with E-state index < -0.39 is 0 Å². The van der Waals surface area contributed by atoms with Gasteiger partial charge in [0.2, 0.25) is 0 Å². The molecule has 1 aliphatic carbocycles. The molecule has 2 nitrogen and oxygen atoms in total. The Balaban J connectivity index is 1.84. The lowest BCUT2D eigenvalue weighted by molar-refractivity contribution is 0.107. The van der Waals surface area contributed by atoms with Gasteiger partial charge >= 0.3 is 0 Å². The minimum Gasteiger partial charge on any atom is -0.311 e. The predicted octanol–water partition coefficient (Wildman–Crippen LogP) is 1.86. The van der Waals surface area contributed by atoms with Crippen molar-refractivity contribution in [1.82, 2.24) is 10.2 Å². The summed E-state index contributed by atoms with van der Waals surface area (Å²) in [5, 5.41) is 3.83. The van der Waals surface area contributed by atoms with Crippen LogP contribution in [0.2, 0.25) is 0 Å². The molecule has 0 radical (unpaired) electrons. The molecule has 3 unspecified atom stereocenters. The molecule has 0 amide bonds. The molecule has 0 aromatic rings. The van der Waals surface area contributed by atoms with Gasteiger partial charge in [0, 0.05) is 24.7 Å². The molecule has 0 bridgehead atoms. The SMILES string of the molecule is CC1CN(C)C(C)CC1NC1CCC1. The lowest BCUT2D eigenvalue weighted by Gasteiger charge is -2.43. The summed E-state index contributed by atoms with van der Waals surface area (Å²) in [4.78, 5) is 2.49. The molecule has 0 spiro atoms. The molecule has 1 heterocycles.